The zero-order valence-corrected chi connectivity index (χ0v) is 9.41. The predicted octanol–water partition coefficient (Wildman–Crippen LogP) is 2.15. The molecule has 2 nitrogen and oxygen atoms in total. The molecule has 0 unspecified atom stereocenters. The van der Waals surface area contributed by atoms with Crippen molar-refractivity contribution in [2.45, 2.75) is 51.1 Å². The summed E-state index contributed by atoms with van der Waals surface area (Å²) in [6.07, 6.45) is 8.09. The summed E-state index contributed by atoms with van der Waals surface area (Å²) in [4.78, 5) is 2.58. The maximum absolute atomic E-state index is 5.90. The number of rotatable bonds is 5. The topological polar surface area (TPSA) is 29.3 Å². The Morgan fingerprint density at radius 1 is 1.36 bits per heavy atom. The minimum atomic E-state index is 0.462. The molecule has 0 saturated heterocycles. The minimum absolute atomic E-state index is 0.462. The summed E-state index contributed by atoms with van der Waals surface area (Å²) in [6.45, 7) is 8.35. The molecule has 0 atom stereocenters. The van der Waals surface area contributed by atoms with Crippen LogP contribution in [-0.2, 0) is 0 Å². The van der Waals surface area contributed by atoms with Gasteiger partial charge in [-0.1, -0.05) is 13.0 Å². The van der Waals surface area contributed by atoms with E-state index in [9.17, 15) is 0 Å². The molecule has 0 radical (unpaired) electrons. The van der Waals surface area contributed by atoms with E-state index in [0.717, 1.165) is 19.0 Å². The molecule has 1 rings (SSSR count). The van der Waals surface area contributed by atoms with Gasteiger partial charge in [-0.25, -0.2) is 0 Å². The highest BCUT2D eigenvalue weighted by Gasteiger charge is 2.22. The summed E-state index contributed by atoms with van der Waals surface area (Å²) >= 11 is 0. The Labute approximate surface area is 88.2 Å². The van der Waals surface area contributed by atoms with Crippen molar-refractivity contribution in [3.63, 3.8) is 0 Å². The molecule has 0 aromatic heterocycles. The van der Waals surface area contributed by atoms with Gasteiger partial charge in [-0.3, -0.25) is 0 Å². The van der Waals surface area contributed by atoms with Crippen LogP contribution in [0.2, 0.25) is 0 Å². The number of hydrogen-bond acceptors (Lipinski definition) is 2. The Morgan fingerprint density at radius 2 is 2.00 bits per heavy atom. The van der Waals surface area contributed by atoms with Crippen LogP contribution in [0.25, 0.3) is 0 Å². The van der Waals surface area contributed by atoms with Crippen LogP contribution in [0.4, 0.5) is 0 Å². The van der Waals surface area contributed by atoms with Gasteiger partial charge in [0.1, 0.15) is 0 Å². The zero-order valence-electron chi connectivity index (χ0n) is 9.41. The normalized spacial score (nSPS) is 27.9. The lowest BCUT2D eigenvalue weighted by atomic mass is 9.90. The average molecular weight is 196 g/mol. The molecule has 0 aromatic rings. The molecule has 1 fully saturated rings. The van der Waals surface area contributed by atoms with Crippen molar-refractivity contribution < 1.29 is 0 Å². The molecule has 1 saturated carbocycles. The van der Waals surface area contributed by atoms with Gasteiger partial charge in [-0.2, -0.15) is 0 Å². The standard InChI is InChI=1S/C12H24N2/c1-3-5-10-14(4-2)12-8-6-11(13)7-9-12/h3,11-12H,1,4-10,13H2,2H3. The molecule has 1 aliphatic rings. The fourth-order valence-electron chi connectivity index (χ4n) is 2.32. The molecule has 2 heteroatoms. The van der Waals surface area contributed by atoms with Gasteiger partial charge in [0.15, 0.2) is 0 Å². The maximum atomic E-state index is 5.90. The fraction of sp³-hybridized carbons (Fsp3) is 0.833. The van der Waals surface area contributed by atoms with Crippen molar-refractivity contribution in [3.8, 4) is 0 Å². The van der Waals surface area contributed by atoms with Gasteiger partial charge in [0, 0.05) is 18.6 Å². The Bertz CT molecular complexity index is 160. The van der Waals surface area contributed by atoms with Crippen molar-refractivity contribution in [1.82, 2.24) is 4.90 Å². The highest BCUT2D eigenvalue weighted by atomic mass is 15.1. The van der Waals surface area contributed by atoms with Crippen LogP contribution < -0.4 is 5.73 Å². The highest BCUT2D eigenvalue weighted by Crippen LogP contribution is 2.22. The second-order valence-corrected chi connectivity index (χ2v) is 4.27. The first-order chi connectivity index (χ1) is 6.77. The van der Waals surface area contributed by atoms with E-state index in [-0.39, 0.29) is 0 Å². The lowest BCUT2D eigenvalue weighted by Gasteiger charge is -2.35. The van der Waals surface area contributed by atoms with Crippen LogP contribution in [0, 0.1) is 0 Å². The summed E-state index contributed by atoms with van der Waals surface area (Å²) in [5, 5.41) is 0. The summed E-state index contributed by atoms with van der Waals surface area (Å²) in [5.41, 5.74) is 5.90. The molecule has 0 aliphatic heterocycles. The third-order valence-electron chi connectivity index (χ3n) is 3.28. The maximum Gasteiger partial charge on any atom is 0.00964 e. The van der Waals surface area contributed by atoms with Crippen molar-refractivity contribution in [2.75, 3.05) is 13.1 Å². The largest absolute Gasteiger partial charge is 0.328 e. The fourth-order valence-corrected chi connectivity index (χ4v) is 2.32. The lowest BCUT2D eigenvalue weighted by Crippen LogP contribution is -2.41. The van der Waals surface area contributed by atoms with E-state index in [4.69, 9.17) is 5.73 Å². The minimum Gasteiger partial charge on any atom is -0.328 e. The first-order valence-electron chi connectivity index (χ1n) is 5.88. The van der Waals surface area contributed by atoms with Crippen LogP contribution in [0.15, 0.2) is 12.7 Å². The second-order valence-electron chi connectivity index (χ2n) is 4.27. The van der Waals surface area contributed by atoms with Crippen LogP contribution in [0.5, 0.6) is 0 Å². The van der Waals surface area contributed by atoms with Gasteiger partial charge in [0.2, 0.25) is 0 Å². The number of nitrogens with zero attached hydrogens (tertiary/aromatic N) is 1. The molecular formula is C12H24N2. The van der Waals surface area contributed by atoms with Gasteiger partial charge in [-0.05, 0) is 38.6 Å². The molecule has 0 heterocycles. The molecule has 0 amide bonds. The highest BCUT2D eigenvalue weighted by molar-refractivity contribution is 4.82. The van der Waals surface area contributed by atoms with E-state index < -0.39 is 0 Å². The molecule has 2 N–H and O–H groups in total. The van der Waals surface area contributed by atoms with E-state index in [1.807, 2.05) is 6.08 Å². The van der Waals surface area contributed by atoms with Crippen LogP contribution in [0.1, 0.15) is 39.0 Å². The quantitative estimate of drug-likeness (QED) is 0.683. The van der Waals surface area contributed by atoms with E-state index in [1.165, 1.54) is 32.2 Å². The van der Waals surface area contributed by atoms with Gasteiger partial charge in [0.05, 0.1) is 0 Å². The number of nitrogens with two attached hydrogens (primary N) is 1. The lowest BCUT2D eigenvalue weighted by molar-refractivity contribution is 0.159. The zero-order chi connectivity index (χ0) is 10.4. The summed E-state index contributed by atoms with van der Waals surface area (Å²) in [7, 11) is 0. The van der Waals surface area contributed by atoms with E-state index in [2.05, 4.69) is 18.4 Å². The van der Waals surface area contributed by atoms with Gasteiger partial charge in [-0.15, -0.1) is 6.58 Å². The third-order valence-corrected chi connectivity index (χ3v) is 3.28. The van der Waals surface area contributed by atoms with Crippen molar-refractivity contribution in [2.24, 2.45) is 5.73 Å². The smallest absolute Gasteiger partial charge is 0.00964 e. The second kappa shape index (κ2) is 6.20. The van der Waals surface area contributed by atoms with Crippen LogP contribution >= 0.6 is 0 Å². The Morgan fingerprint density at radius 3 is 2.50 bits per heavy atom. The Hall–Kier alpha value is -0.340. The first kappa shape index (κ1) is 11.7. The summed E-state index contributed by atoms with van der Waals surface area (Å²) in [6, 6.07) is 1.24. The van der Waals surface area contributed by atoms with Crippen molar-refractivity contribution in [3.05, 3.63) is 12.7 Å². The monoisotopic (exact) mass is 196 g/mol. The van der Waals surface area contributed by atoms with Crippen LogP contribution in [-0.4, -0.2) is 30.1 Å². The molecule has 0 aromatic carbocycles. The molecular weight excluding hydrogens is 172 g/mol. The average Bonchev–Trinajstić information content (AvgIpc) is 2.21. The predicted molar refractivity (Wildman–Crippen MR) is 62.3 cm³/mol. The molecule has 0 spiro atoms. The Balaban J connectivity index is 2.32. The third kappa shape index (κ3) is 3.43. The van der Waals surface area contributed by atoms with Crippen molar-refractivity contribution in [1.29, 1.82) is 0 Å². The Kier molecular flexibility index (Phi) is 5.20. The molecule has 14 heavy (non-hydrogen) atoms. The summed E-state index contributed by atoms with van der Waals surface area (Å²) < 4.78 is 0. The van der Waals surface area contributed by atoms with E-state index >= 15 is 0 Å². The first-order valence-corrected chi connectivity index (χ1v) is 5.88. The van der Waals surface area contributed by atoms with Crippen molar-refractivity contribution >= 4 is 0 Å². The molecule has 1 aliphatic carbocycles. The van der Waals surface area contributed by atoms with Crippen LogP contribution in [0.3, 0.4) is 0 Å². The molecule has 82 valence electrons. The van der Waals surface area contributed by atoms with Gasteiger partial charge in [0.25, 0.3) is 0 Å². The van der Waals surface area contributed by atoms with E-state index in [0.29, 0.717) is 6.04 Å². The SMILES string of the molecule is C=CCCN(CC)C1CCC(N)CC1. The summed E-state index contributed by atoms with van der Waals surface area (Å²) in [5.74, 6) is 0. The number of hydrogen-bond donors (Lipinski definition) is 1. The van der Waals surface area contributed by atoms with E-state index in [1.54, 1.807) is 0 Å². The molecule has 0 bridgehead atoms. The van der Waals surface area contributed by atoms with Gasteiger partial charge >= 0.3 is 0 Å². The van der Waals surface area contributed by atoms with Gasteiger partial charge < -0.3 is 10.6 Å².